The number of unbranched alkanes of at least 4 members (excludes halogenated alkanes) is 2. The number of rotatable bonds is 22. The fraction of sp³-hybridized carbons (Fsp3) is 0.290. The fourth-order valence-corrected chi connectivity index (χ4v) is 13.2. The van der Waals surface area contributed by atoms with Crippen LogP contribution in [0, 0.1) is 0 Å². The molecule has 0 spiro atoms. The van der Waals surface area contributed by atoms with Crippen molar-refractivity contribution < 1.29 is 57.7 Å². The van der Waals surface area contributed by atoms with Gasteiger partial charge in [0.25, 0.3) is 0 Å². The van der Waals surface area contributed by atoms with Crippen LogP contribution in [-0.4, -0.2) is 108 Å². The molecule has 6 aromatic rings. The number of nitrogens with zero attached hydrogens (tertiary/aromatic N) is 1. The van der Waals surface area contributed by atoms with Gasteiger partial charge in [0.15, 0.2) is 10.5 Å². The number of hydrogen-bond acceptors (Lipinski definition) is 13. The van der Waals surface area contributed by atoms with Crippen LogP contribution in [0.5, 0.6) is 5.75 Å². The van der Waals surface area contributed by atoms with Crippen LogP contribution in [0.3, 0.4) is 0 Å². The van der Waals surface area contributed by atoms with Gasteiger partial charge in [0, 0.05) is 76.3 Å². The predicted octanol–water partition coefficient (Wildman–Crippen LogP) is 9.01. The number of anilines is 1. The maximum absolute atomic E-state index is 14.3. The number of piperidine rings is 1. The third-order valence-corrected chi connectivity index (χ3v) is 18.3. The molecule has 1 aliphatic carbocycles. The summed E-state index contributed by atoms with van der Waals surface area (Å²) in [5.41, 5.74) is 8.80. The van der Waals surface area contributed by atoms with Crippen LogP contribution in [0.4, 0.5) is 5.69 Å². The molecule has 11 N–H and O–H groups in total. The number of carboxylic acid groups (broad SMARTS) is 1. The number of fused-ring (bicyclic) bond motifs is 4. The number of amides is 5. The molecular weight excluding hydrogens is 1180 g/mol. The Balaban J connectivity index is 0.000000244. The average molecular weight is 1240 g/mol. The van der Waals surface area contributed by atoms with Crippen molar-refractivity contribution in [1.82, 2.24) is 26.2 Å². The predicted molar refractivity (Wildman–Crippen MR) is 339 cm³/mol. The van der Waals surface area contributed by atoms with Crippen molar-refractivity contribution >= 4 is 121 Å². The number of benzene rings is 6. The molecule has 20 nitrogen and oxygen atoms in total. The summed E-state index contributed by atoms with van der Waals surface area (Å²) in [7, 11) is -4.46. The van der Waals surface area contributed by atoms with Gasteiger partial charge in [0.1, 0.15) is 41.3 Å². The van der Waals surface area contributed by atoms with Gasteiger partial charge in [-0.1, -0.05) is 93.4 Å². The molecule has 4 atom stereocenters. The molecule has 0 bridgehead atoms. The molecule has 1 aromatic heterocycles. The Bertz CT molecular complexity index is 3910. The number of aromatic hydroxyl groups is 1. The molecule has 0 radical (unpaired) electrons. The number of thiocarbonyl (C=S) groups is 1. The van der Waals surface area contributed by atoms with Crippen LogP contribution >= 0.6 is 42.9 Å². The van der Waals surface area contributed by atoms with Crippen molar-refractivity contribution in [1.29, 1.82) is 0 Å². The summed E-state index contributed by atoms with van der Waals surface area (Å²) in [6, 6.07) is 30.3. The monoisotopic (exact) mass is 1240 g/mol. The number of carbonyl (C=O) groups is 6. The minimum absolute atomic E-state index is 0.00205. The van der Waals surface area contributed by atoms with Gasteiger partial charge >= 0.3 is 13.6 Å². The van der Waals surface area contributed by atoms with Crippen LogP contribution < -0.4 is 37.7 Å². The molecule has 86 heavy (non-hydrogen) atoms. The van der Waals surface area contributed by atoms with E-state index in [9.17, 15) is 58.1 Å². The maximum atomic E-state index is 14.3. The van der Waals surface area contributed by atoms with E-state index in [2.05, 4.69) is 33.5 Å². The Morgan fingerprint density at radius 2 is 1.59 bits per heavy atom. The Hall–Kier alpha value is -8.18. The summed E-state index contributed by atoms with van der Waals surface area (Å²) in [4.78, 5) is 112. The lowest BCUT2D eigenvalue weighted by Gasteiger charge is -2.37. The van der Waals surface area contributed by atoms with Crippen LogP contribution in [0.15, 0.2) is 136 Å². The summed E-state index contributed by atoms with van der Waals surface area (Å²) in [6.07, 6.45) is 4.91. The van der Waals surface area contributed by atoms with Crippen molar-refractivity contribution in [3.8, 4) is 28.2 Å². The van der Waals surface area contributed by atoms with Gasteiger partial charge in [-0.25, -0.2) is 4.79 Å². The lowest BCUT2D eigenvalue weighted by molar-refractivity contribution is -0.145. The normalized spacial score (nSPS) is 14.3. The van der Waals surface area contributed by atoms with E-state index < -0.39 is 72.8 Å². The van der Waals surface area contributed by atoms with Crippen molar-refractivity contribution in [3.05, 3.63) is 154 Å². The van der Waals surface area contributed by atoms with Gasteiger partial charge in [-0.15, -0.1) is 23.1 Å². The summed E-state index contributed by atoms with van der Waals surface area (Å²) >= 11 is 7.52. The quantitative estimate of drug-likeness (QED) is 0.0131. The average Bonchev–Trinajstić information content (AvgIpc) is 2.80. The minimum atomic E-state index is -4.46. The number of hydrogen-bond donors (Lipinski definition) is 10. The molecule has 3 heterocycles. The SMILES string of the molecule is CCC(=O)NC(C(=O)N[C@@H](CSCP(=O)(O)O)C(=O)N1CCCC[C@H]1C(=O)N[C@@H](Cc1ccc2ccccc2c1)C(N)=O)c1csc2ccccc12.CCCCCNC(=S)Nc1ccc(-c2c3ccc(=O)cc-3oc3cc(O)ccc23)c(C(=O)O)c1. The number of carbonyl (C=O) groups excluding carboxylic acids is 5. The van der Waals surface area contributed by atoms with Gasteiger partial charge in [-0.3, -0.25) is 33.3 Å². The number of likely N-dealkylation sites (tertiary alicyclic amines) is 1. The number of nitrogens with one attached hydrogen (secondary N) is 5. The molecule has 1 saturated heterocycles. The minimum Gasteiger partial charge on any atom is -0.508 e. The number of nitrogens with two attached hydrogens (primary N) is 1. The number of carboxylic acids is 1. The highest BCUT2D eigenvalue weighted by Gasteiger charge is 2.39. The molecule has 1 unspecified atom stereocenters. The topological polar surface area (TPSA) is 320 Å². The highest BCUT2D eigenvalue weighted by molar-refractivity contribution is 8.04. The standard InChI is InChI=1S/C36H42N5O8PS2.C26H24N2O5S/c1-2-31(42)40-32(26-19-52-30-13-6-5-11-25(26)30)35(45)39-28(20-51-21-50(47,48)49)36(46)41-16-8-7-12-29(41)34(44)38-27(33(37)43)18-22-14-15-23-9-3-4-10-24(23)17-22;1-2-3-4-11-27-26(34)28-15-5-8-18(21(12-15)25(31)32)24-19-9-6-16(29)13-22(19)33-23-14-17(30)7-10-20(23)24/h3-6,9-11,13-15,17,19,27-29,32H,2,7-8,12,16,18,20-21H2,1H3,(H2,37,43)(H,38,44)(H,39,45)(H,40,42)(H2,47,48,49);5-10,12-14,29H,2-4,11H2,1H3,(H,31,32)(H2,27,28,34)/t27-,28-,29-,32?;/m0./s1. The van der Waals surface area contributed by atoms with Crippen LogP contribution in [0.1, 0.15) is 86.3 Å². The molecule has 450 valence electrons. The van der Waals surface area contributed by atoms with E-state index in [4.69, 9.17) is 22.4 Å². The number of phenols is 1. The first-order valence-corrected chi connectivity index (χ1v) is 32.1. The third-order valence-electron chi connectivity index (χ3n) is 14.4. The van der Waals surface area contributed by atoms with Crippen molar-refractivity contribution in [2.24, 2.45) is 5.73 Å². The number of primary amides is 1. The van der Waals surface area contributed by atoms with E-state index in [1.165, 1.54) is 46.6 Å². The smallest absolute Gasteiger partial charge is 0.336 e. The van der Waals surface area contributed by atoms with Gasteiger partial charge in [-0.05, 0) is 113 Å². The van der Waals surface area contributed by atoms with Crippen molar-refractivity contribution in [3.63, 3.8) is 0 Å². The van der Waals surface area contributed by atoms with E-state index in [1.54, 1.807) is 36.6 Å². The van der Waals surface area contributed by atoms with Crippen LogP contribution in [0.25, 0.3) is 54.3 Å². The van der Waals surface area contributed by atoms with Gasteiger partial charge in [0.2, 0.25) is 29.5 Å². The third kappa shape index (κ3) is 16.4. The van der Waals surface area contributed by atoms with E-state index in [0.29, 0.717) is 62.6 Å². The first-order chi connectivity index (χ1) is 41.2. The molecule has 2 aliphatic heterocycles. The lowest BCUT2D eigenvalue weighted by atomic mass is 9.90. The molecule has 0 saturated carbocycles. The Morgan fingerprint density at radius 1 is 0.837 bits per heavy atom. The first kappa shape index (κ1) is 63.8. The van der Waals surface area contributed by atoms with Crippen molar-refractivity contribution in [2.45, 2.75) is 89.4 Å². The maximum Gasteiger partial charge on any atom is 0.336 e. The Labute approximate surface area is 508 Å². The number of aromatic carboxylic acids is 1. The molecule has 3 aliphatic rings. The summed E-state index contributed by atoms with van der Waals surface area (Å²) in [5, 5.41) is 39.9. The second kappa shape index (κ2) is 29.3. The van der Waals surface area contributed by atoms with Gasteiger partial charge in [0.05, 0.1) is 11.1 Å². The summed E-state index contributed by atoms with van der Waals surface area (Å²) in [6.45, 7) is 4.68. The van der Waals surface area contributed by atoms with Crippen LogP contribution in [0.2, 0.25) is 0 Å². The fourth-order valence-electron chi connectivity index (χ4n) is 10.2. The van der Waals surface area contributed by atoms with E-state index in [0.717, 1.165) is 64.0 Å². The first-order valence-electron chi connectivity index (χ1n) is 27.9. The Morgan fingerprint density at radius 3 is 2.34 bits per heavy atom. The highest BCUT2D eigenvalue weighted by atomic mass is 32.2. The van der Waals surface area contributed by atoms with Gasteiger partial charge in [-0.2, -0.15) is 0 Å². The van der Waals surface area contributed by atoms with Crippen LogP contribution in [-0.2, 0) is 35.0 Å². The molecule has 9 rings (SSSR count). The summed E-state index contributed by atoms with van der Waals surface area (Å²) < 4.78 is 18.4. The molecule has 1 fully saturated rings. The number of thiophene rings is 1. The van der Waals surface area contributed by atoms with Crippen molar-refractivity contribution in [2.75, 3.05) is 29.7 Å². The lowest BCUT2D eigenvalue weighted by Crippen LogP contribution is -2.60. The van der Waals surface area contributed by atoms with Gasteiger partial charge < -0.3 is 61.6 Å². The summed E-state index contributed by atoms with van der Waals surface area (Å²) in [5.74, 6) is -4.06. The zero-order valence-corrected chi connectivity index (χ0v) is 50.4. The van der Waals surface area contributed by atoms with E-state index in [1.807, 2.05) is 66.7 Å². The molecule has 5 aromatic carbocycles. The number of thioether (sulfide) groups is 1. The second-order valence-corrected chi connectivity index (χ2v) is 25.1. The largest absolute Gasteiger partial charge is 0.508 e. The zero-order valence-electron chi connectivity index (χ0n) is 47.1. The zero-order chi connectivity index (χ0) is 61.7. The molecule has 24 heteroatoms. The molecule has 5 amide bonds. The second-order valence-electron chi connectivity index (χ2n) is 20.6. The Kier molecular flexibility index (Phi) is 21.7. The molecular formula is C62H66N7O13PS3. The van der Waals surface area contributed by atoms with E-state index in [-0.39, 0.29) is 48.3 Å². The highest BCUT2D eigenvalue weighted by Crippen LogP contribution is 2.43. The van der Waals surface area contributed by atoms with E-state index >= 15 is 0 Å². The number of phenolic OH excluding ortho intramolecular Hbond substituents is 1.